The van der Waals surface area contributed by atoms with Crippen LogP contribution in [0.1, 0.15) is 39.0 Å². The summed E-state index contributed by atoms with van der Waals surface area (Å²) in [6, 6.07) is 1.55. The number of nitrogens with zero attached hydrogens (tertiary/aromatic N) is 1. The average Bonchev–Trinajstić information content (AvgIpc) is 2.57. The van der Waals surface area contributed by atoms with Crippen molar-refractivity contribution in [2.75, 3.05) is 31.6 Å². The minimum absolute atomic E-state index is 0.763. The fraction of sp³-hybridized carbons (Fsp3) is 1.00. The van der Waals surface area contributed by atoms with Gasteiger partial charge in [0.05, 0.1) is 0 Å². The Morgan fingerprint density at radius 1 is 1.24 bits per heavy atom. The molecule has 0 bridgehead atoms. The molecule has 1 heterocycles. The second kappa shape index (κ2) is 7.01. The molecule has 3 atom stereocenters. The molecular formula is C14H28N2S. The third-order valence-electron chi connectivity index (χ3n) is 4.50. The number of nitrogens with one attached hydrogen (secondary N) is 1. The molecule has 1 aliphatic carbocycles. The van der Waals surface area contributed by atoms with Crippen LogP contribution in [0.2, 0.25) is 0 Å². The van der Waals surface area contributed by atoms with Gasteiger partial charge < -0.3 is 5.32 Å². The zero-order chi connectivity index (χ0) is 12.1. The normalized spacial score (nSPS) is 36.7. The van der Waals surface area contributed by atoms with Gasteiger partial charge in [-0.05, 0) is 32.7 Å². The smallest absolute Gasteiger partial charge is 0.0158 e. The van der Waals surface area contributed by atoms with Gasteiger partial charge in [0, 0.05) is 36.7 Å². The highest BCUT2D eigenvalue weighted by atomic mass is 32.2. The molecule has 0 amide bonds. The van der Waals surface area contributed by atoms with Crippen molar-refractivity contribution in [3.63, 3.8) is 0 Å². The molecule has 3 unspecified atom stereocenters. The van der Waals surface area contributed by atoms with Gasteiger partial charge in [-0.2, -0.15) is 11.8 Å². The lowest BCUT2D eigenvalue weighted by molar-refractivity contribution is 0.170. The van der Waals surface area contributed by atoms with E-state index in [0.29, 0.717) is 0 Å². The number of hydrogen-bond donors (Lipinski definition) is 1. The van der Waals surface area contributed by atoms with Crippen LogP contribution in [0.25, 0.3) is 0 Å². The number of thioether (sulfide) groups is 1. The number of rotatable bonds is 3. The Hall–Kier alpha value is 0.270. The largest absolute Gasteiger partial charge is 0.317 e. The molecule has 0 aromatic carbocycles. The van der Waals surface area contributed by atoms with E-state index >= 15 is 0 Å². The van der Waals surface area contributed by atoms with Crippen molar-refractivity contribution in [3.8, 4) is 0 Å². The molecule has 0 radical (unpaired) electrons. The molecule has 17 heavy (non-hydrogen) atoms. The van der Waals surface area contributed by atoms with Gasteiger partial charge in [-0.25, -0.2) is 0 Å². The van der Waals surface area contributed by atoms with Gasteiger partial charge in [0.25, 0.3) is 0 Å². The SMILES string of the molecule is CNC1CCCCCC1CN1CCSCC1C. The molecule has 0 aromatic heterocycles. The van der Waals surface area contributed by atoms with Gasteiger partial charge in [-0.1, -0.05) is 19.3 Å². The van der Waals surface area contributed by atoms with Crippen LogP contribution in [0.4, 0.5) is 0 Å². The minimum atomic E-state index is 0.763. The maximum absolute atomic E-state index is 3.57. The molecular weight excluding hydrogens is 228 g/mol. The Kier molecular flexibility index (Phi) is 5.64. The molecule has 2 rings (SSSR count). The fourth-order valence-electron chi connectivity index (χ4n) is 3.32. The lowest BCUT2D eigenvalue weighted by Gasteiger charge is -2.37. The summed E-state index contributed by atoms with van der Waals surface area (Å²) in [6.07, 6.45) is 7.13. The van der Waals surface area contributed by atoms with E-state index in [0.717, 1.165) is 18.0 Å². The number of hydrogen-bond acceptors (Lipinski definition) is 3. The van der Waals surface area contributed by atoms with Crippen molar-refractivity contribution >= 4 is 11.8 Å². The van der Waals surface area contributed by atoms with Crippen LogP contribution < -0.4 is 5.32 Å². The Morgan fingerprint density at radius 3 is 2.82 bits per heavy atom. The monoisotopic (exact) mass is 256 g/mol. The Bertz CT molecular complexity index is 222. The van der Waals surface area contributed by atoms with Crippen molar-refractivity contribution in [1.82, 2.24) is 10.2 Å². The topological polar surface area (TPSA) is 15.3 Å². The Morgan fingerprint density at radius 2 is 2.06 bits per heavy atom. The van der Waals surface area contributed by atoms with Crippen LogP contribution in [0.15, 0.2) is 0 Å². The van der Waals surface area contributed by atoms with E-state index in [1.807, 2.05) is 0 Å². The van der Waals surface area contributed by atoms with Gasteiger partial charge in [0.15, 0.2) is 0 Å². The first-order valence-electron chi connectivity index (χ1n) is 7.30. The highest BCUT2D eigenvalue weighted by molar-refractivity contribution is 7.99. The average molecular weight is 256 g/mol. The van der Waals surface area contributed by atoms with Crippen LogP contribution in [-0.2, 0) is 0 Å². The summed E-state index contributed by atoms with van der Waals surface area (Å²) in [4.78, 5) is 2.73. The lowest BCUT2D eigenvalue weighted by atomic mass is 9.93. The lowest BCUT2D eigenvalue weighted by Crippen LogP contribution is -2.47. The summed E-state index contributed by atoms with van der Waals surface area (Å²) >= 11 is 2.12. The standard InChI is InChI=1S/C14H28N2S/c1-12-11-17-9-8-16(12)10-13-6-4-3-5-7-14(13)15-2/h12-15H,3-11H2,1-2H3. The molecule has 1 saturated carbocycles. The zero-order valence-electron chi connectivity index (χ0n) is 11.5. The quantitative estimate of drug-likeness (QED) is 0.782. The molecule has 0 aromatic rings. The minimum Gasteiger partial charge on any atom is -0.317 e. The molecule has 3 heteroatoms. The van der Waals surface area contributed by atoms with Crippen LogP contribution >= 0.6 is 11.8 Å². The summed E-state index contributed by atoms with van der Waals surface area (Å²) < 4.78 is 0. The van der Waals surface area contributed by atoms with Crippen LogP contribution in [-0.4, -0.2) is 48.6 Å². The van der Waals surface area contributed by atoms with E-state index in [9.17, 15) is 0 Å². The molecule has 2 nitrogen and oxygen atoms in total. The van der Waals surface area contributed by atoms with E-state index in [4.69, 9.17) is 0 Å². The van der Waals surface area contributed by atoms with Crippen LogP contribution in [0.5, 0.6) is 0 Å². The predicted molar refractivity (Wildman–Crippen MR) is 77.8 cm³/mol. The summed E-state index contributed by atoms with van der Waals surface area (Å²) in [5.41, 5.74) is 0. The second-order valence-corrected chi connectivity index (χ2v) is 6.86. The first-order chi connectivity index (χ1) is 8.31. The molecule has 1 saturated heterocycles. The van der Waals surface area contributed by atoms with Crippen molar-refractivity contribution < 1.29 is 0 Å². The second-order valence-electron chi connectivity index (χ2n) is 5.71. The maximum Gasteiger partial charge on any atom is 0.0158 e. The van der Waals surface area contributed by atoms with E-state index < -0.39 is 0 Å². The summed E-state index contributed by atoms with van der Waals surface area (Å²) in [5, 5.41) is 3.57. The van der Waals surface area contributed by atoms with Crippen molar-refractivity contribution in [1.29, 1.82) is 0 Å². The van der Waals surface area contributed by atoms with Gasteiger partial charge in [-0.3, -0.25) is 4.90 Å². The Balaban J connectivity index is 1.89. The van der Waals surface area contributed by atoms with Crippen LogP contribution in [0, 0.1) is 5.92 Å². The Labute approximate surface area is 111 Å². The first-order valence-corrected chi connectivity index (χ1v) is 8.46. The zero-order valence-corrected chi connectivity index (χ0v) is 12.3. The van der Waals surface area contributed by atoms with Crippen LogP contribution in [0.3, 0.4) is 0 Å². The third kappa shape index (κ3) is 3.87. The van der Waals surface area contributed by atoms with Gasteiger partial charge in [-0.15, -0.1) is 0 Å². The summed E-state index contributed by atoms with van der Waals surface area (Å²) in [5.74, 6) is 3.55. The third-order valence-corrected chi connectivity index (χ3v) is 5.69. The highest BCUT2D eigenvalue weighted by Crippen LogP contribution is 2.26. The van der Waals surface area contributed by atoms with Crippen molar-refractivity contribution in [3.05, 3.63) is 0 Å². The highest BCUT2D eigenvalue weighted by Gasteiger charge is 2.27. The van der Waals surface area contributed by atoms with E-state index in [1.54, 1.807) is 0 Å². The van der Waals surface area contributed by atoms with E-state index in [1.165, 1.54) is 56.7 Å². The van der Waals surface area contributed by atoms with E-state index in [2.05, 4.69) is 35.9 Å². The van der Waals surface area contributed by atoms with Gasteiger partial charge in [0.2, 0.25) is 0 Å². The van der Waals surface area contributed by atoms with Crippen molar-refractivity contribution in [2.24, 2.45) is 5.92 Å². The fourth-order valence-corrected chi connectivity index (χ4v) is 4.40. The maximum atomic E-state index is 3.57. The molecule has 1 aliphatic heterocycles. The summed E-state index contributed by atoms with van der Waals surface area (Å²) in [6.45, 7) is 5.03. The molecule has 2 fully saturated rings. The van der Waals surface area contributed by atoms with Gasteiger partial charge >= 0.3 is 0 Å². The van der Waals surface area contributed by atoms with E-state index in [-0.39, 0.29) is 0 Å². The first kappa shape index (κ1) is 13.7. The molecule has 0 spiro atoms. The van der Waals surface area contributed by atoms with Crippen molar-refractivity contribution in [2.45, 2.75) is 51.1 Å². The molecule has 2 aliphatic rings. The predicted octanol–water partition coefficient (Wildman–Crippen LogP) is 2.59. The molecule has 1 N–H and O–H groups in total. The molecule has 100 valence electrons. The van der Waals surface area contributed by atoms with Gasteiger partial charge in [0.1, 0.15) is 0 Å². The summed E-state index contributed by atoms with van der Waals surface area (Å²) in [7, 11) is 2.15.